The maximum absolute atomic E-state index is 3.85. The minimum Gasteiger partial charge on any atom is -0.103 e. The van der Waals surface area contributed by atoms with Crippen molar-refractivity contribution in [1.82, 2.24) is 0 Å². The zero-order valence-corrected chi connectivity index (χ0v) is 9.47. The molecule has 0 aromatic heterocycles. The van der Waals surface area contributed by atoms with E-state index in [0.717, 1.165) is 11.8 Å². The van der Waals surface area contributed by atoms with Crippen LogP contribution in [0.25, 0.3) is 0 Å². The summed E-state index contributed by atoms with van der Waals surface area (Å²) in [5, 5.41) is 0. The van der Waals surface area contributed by atoms with Crippen LogP contribution < -0.4 is 0 Å². The van der Waals surface area contributed by atoms with E-state index in [1.54, 1.807) is 0 Å². The van der Waals surface area contributed by atoms with E-state index in [4.69, 9.17) is 0 Å². The summed E-state index contributed by atoms with van der Waals surface area (Å²) in [6.07, 6.45) is 9.01. The van der Waals surface area contributed by atoms with Crippen LogP contribution >= 0.6 is 0 Å². The van der Waals surface area contributed by atoms with E-state index in [0.29, 0.717) is 5.41 Å². The first kappa shape index (κ1) is 10.8. The second-order valence-corrected chi connectivity index (χ2v) is 5.30. The first-order valence-corrected chi connectivity index (χ1v) is 5.69. The zero-order chi connectivity index (χ0) is 9.90. The van der Waals surface area contributed by atoms with Crippen molar-refractivity contribution in [3.63, 3.8) is 0 Å². The Kier molecular flexibility index (Phi) is 3.58. The number of hydrogen-bond donors (Lipinski definition) is 0. The summed E-state index contributed by atoms with van der Waals surface area (Å²) in [5.74, 6) is 1.75. The van der Waals surface area contributed by atoms with E-state index in [1.807, 2.05) is 0 Å². The molecule has 1 aliphatic rings. The van der Waals surface area contributed by atoms with Gasteiger partial charge in [-0.25, -0.2) is 0 Å². The molecule has 0 saturated heterocycles. The molecular weight excluding hydrogens is 156 g/mol. The van der Waals surface area contributed by atoms with Gasteiger partial charge >= 0.3 is 0 Å². The average Bonchev–Trinajstić information content (AvgIpc) is 2.04. The third-order valence-corrected chi connectivity index (χ3v) is 4.01. The van der Waals surface area contributed by atoms with Crippen LogP contribution in [0.3, 0.4) is 0 Å². The second-order valence-electron chi connectivity index (χ2n) is 5.30. The van der Waals surface area contributed by atoms with Crippen molar-refractivity contribution in [2.75, 3.05) is 0 Å². The zero-order valence-electron chi connectivity index (χ0n) is 9.47. The van der Waals surface area contributed by atoms with Crippen LogP contribution in [-0.2, 0) is 0 Å². The molecule has 0 aliphatic heterocycles. The Bertz CT molecular complexity index is 169. The Morgan fingerprint density at radius 3 is 2.77 bits per heavy atom. The summed E-state index contributed by atoms with van der Waals surface area (Å²) in [4.78, 5) is 0. The van der Waals surface area contributed by atoms with Gasteiger partial charge in [-0.05, 0) is 36.5 Å². The highest BCUT2D eigenvalue weighted by molar-refractivity contribution is 4.87. The van der Waals surface area contributed by atoms with Crippen LogP contribution in [0.2, 0.25) is 0 Å². The van der Waals surface area contributed by atoms with Gasteiger partial charge in [0.05, 0.1) is 0 Å². The van der Waals surface area contributed by atoms with Gasteiger partial charge in [-0.1, -0.05) is 39.7 Å². The fraction of sp³-hybridized carbons (Fsp3) is 0.846. The van der Waals surface area contributed by atoms with Gasteiger partial charge in [0.25, 0.3) is 0 Å². The first-order valence-electron chi connectivity index (χ1n) is 5.69. The van der Waals surface area contributed by atoms with E-state index >= 15 is 0 Å². The lowest BCUT2D eigenvalue weighted by Crippen LogP contribution is -2.30. The van der Waals surface area contributed by atoms with Gasteiger partial charge in [-0.2, -0.15) is 0 Å². The fourth-order valence-corrected chi connectivity index (χ4v) is 2.62. The highest BCUT2D eigenvalue weighted by Gasteiger charge is 2.33. The summed E-state index contributed by atoms with van der Waals surface area (Å²) in [6, 6.07) is 0. The van der Waals surface area contributed by atoms with Crippen molar-refractivity contribution in [3.8, 4) is 0 Å². The number of allylic oxidation sites excluding steroid dienone is 1. The Morgan fingerprint density at radius 1 is 1.54 bits per heavy atom. The van der Waals surface area contributed by atoms with E-state index < -0.39 is 0 Å². The molecule has 1 fully saturated rings. The van der Waals surface area contributed by atoms with Crippen molar-refractivity contribution < 1.29 is 0 Å². The van der Waals surface area contributed by atoms with Gasteiger partial charge in [0, 0.05) is 0 Å². The predicted octanol–water partition coefficient (Wildman–Crippen LogP) is 4.42. The minimum absolute atomic E-state index is 0.603. The van der Waals surface area contributed by atoms with Crippen LogP contribution in [0.5, 0.6) is 0 Å². The van der Waals surface area contributed by atoms with Crippen LogP contribution in [0.15, 0.2) is 12.7 Å². The SMILES string of the molecule is C=CCC1CCCC(C)(C(C)C)C1. The van der Waals surface area contributed by atoms with Crippen LogP contribution in [0.4, 0.5) is 0 Å². The molecule has 1 saturated carbocycles. The molecular formula is C13H24. The van der Waals surface area contributed by atoms with Gasteiger partial charge in [-0.15, -0.1) is 6.58 Å². The van der Waals surface area contributed by atoms with Crippen molar-refractivity contribution in [1.29, 1.82) is 0 Å². The Morgan fingerprint density at radius 2 is 2.23 bits per heavy atom. The summed E-state index contributed by atoms with van der Waals surface area (Å²) >= 11 is 0. The lowest BCUT2D eigenvalue weighted by Gasteiger charge is -2.41. The summed E-state index contributed by atoms with van der Waals surface area (Å²) < 4.78 is 0. The molecule has 2 atom stereocenters. The average molecular weight is 180 g/mol. The highest BCUT2D eigenvalue weighted by Crippen LogP contribution is 2.45. The molecule has 0 heterocycles. The molecule has 0 heteroatoms. The van der Waals surface area contributed by atoms with Gasteiger partial charge in [0.2, 0.25) is 0 Å². The van der Waals surface area contributed by atoms with Gasteiger partial charge in [0.15, 0.2) is 0 Å². The van der Waals surface area contributed by atoms with Crippen molar-refractivity contribution in [2.24, 2.45) is 17.3 Å². The van der Waals surface area contributed by atoms with Crippen molar-refractivity contribution in [3.05, 3.63) is 12.7 Å². The molecule has 0 amide bonds. The molecule has 2 unspecified atom stereocenters. The van der Waals surface area contributed by atoms with E-state index in [-0.39, 0.29) is 0 Å². The molecule has 1 rings (SSSR count). The van der Waals surface area contributed by atoms with Crippen LogP contribution in [0.1, 0.15) is 52.9 Å². The largest absolute Gasteiger partial charge is 0.103 e. The first-order chi connectivity index (χ1) is 6.08. The predicted molar refractivity (Wildman–Crippen MR) is 59.7 cm³/mol. The molecule has 1 aliphatic carbocycles. The summed E-state index contributed by atoms with van der Waals surface area (Å²) in [5.41, 5.74) is 0.603. The molecule has 0 radical (unpaired) electrons. The summed E-state index contributed by atoms with van der Waals surface area (Å²) in [6.45, 7) is 11.1. The lowest BCUT2D eigenvalue weighted by atomic mass is 9.64. The number of hydrogen-bond acceptors (Lipinski definition) is 0. The second kappa shape index (κ2) is 4.30. The molecule has 76 valence electrons. The molecule has 0 aromatic carbocycles. The molecule has 0 bridgehead atoms. The summed E-state index contributed by atoms with van der Waals surface area (Å²) in [7, 11) is 0. The van der Waals surface area contributed by atoms with Gasteiger partial charge in [0.1, 0.15) is 0 Å². The third kappa shape index (κ3) is 2.59. The molecule has 0 N–H and O–H groups in total. The maximum Gasteiger partial charge on any atom is -0.0300 e. The molecule has 0 aromatic rings. The van der Waals surface area contributed by atoms with Gasteiger partial charge in [-0.3, -0.25) is 0 Å². The van der Waals surface area contributed by atoms with E-state index in [2.05, 4.69) is 33.4 Å². The number of rotatable bonds is 3. The van der Waals surface area contributed by atoms with E-state index in [1.165, 1.54) is 32.1 Å². The quantitative estimate of drug-likeness (QED) is 0.564. The Hall–Kier alpha value is -0.260. The minimum atomic E-state index is 0.603. The lowest BCUT2D eigenvalue weighted by molar-refractivity contribution is 0.103. The third-order valence-electron chi connectivity index (χ3n) is 4.01. The van der Waals surface area contributed by atoms with Crippen LogP contribution in [0, 0.1) is 17.3 Å². The topological polar surface area (TPSA) is 0 Å². The molecule has 0 nitrogen and oxygen atoms in total. The highest BCUT2D eigenvalue weighted by atomic mass is 14.4. The maximum atomic E-state index is 3.85. The van der Waals surface area contributed by atoms with Crippen molar-refractivity contribution >= 4 is 0 Å². The normalized spacial score (nSPS) is 34.9. The smallest absolute Gasteiger partial charge is 0.0300 e. The Balaban J connectivity index is 2.54. The fourth-order valence-electron chi connectivity index (χ4n) is 2.62. The van der Waals surface area contributed by atoms with Gasteiger partial charge < -0.3 is 0 Å². The molecule has 13 heavy (non-hydrogen) atoms. The Labute approximate surface area is 83.4 Å². The molecule has 0 spiro atoms. The van der Waals surface area contributed by atoms with Crippen LogP contribution in [-0.4, -0.2) is 0 Å². The van der Waals surface area contributed by atoms with E-state index in [9.17, 15) is 0 Å². The standard InChI is InChI=1S/C13H24/c1-5-7-12-8-6-9-13(4,10-12)11(2)3/h5,11-12H,1,6-10H2,2-4H3. The van der Waals surface area contributed by atoms with Crippen molar-refractivity contribution in [2.45, 2.75) is 52.9 Å². The monoisotopic (exact) mass is 180 g/mol.